The number of benzene rings is 1. The molecular weight excluding hydrogens is 274 g/mol. The lowest BCUT2D eigenvalue weighted by Gasteiger charge is -2.17. The molecule has 5 heteroatoms. The molecule has 1 heterocycles. The second-order valence-corrected chi connectivity index (χ2v) is 4.93. The average Bonchev–Trinajstić information content (AvgIpc) is 2.91. The number of nitrogens with zero attached hydrogens (tertiary/aromatic N) is 1. The molecule has 0 spiro atoms. The maximum Gasteiger partial charge on any atom is 0.290 e. The first-order valence-corrected chi connectivity index (χ1v) is 6.89. The maximum atomic E-state index is 14.2. The third-order valence-electron chi connectivity index (χ3n) is 3.20. The predicted molar refractivity (Wildman–Crippen MR) is 78.4 cm³/mol. The van der Waals surface area contributed by atoms with E-state index in [1.165, 1.54) is 16.7 Å². The minimum Gasteiger partial charge on any atom is -0.383 e. The van der Waals surface area contributed by atoms with Crippen molar-refractivity contribution in [3.8, 4) is 0 Å². The molecular formula is C16H20F2N2O. The molecule has 0 radical (unpaired) electrons. The van der Waals surface area contributed by atoms with Crippen molar-refractivity contribution < 1.29 is 13.5 Å². The number of rotatable bonds is 8. The summed E-state index contributed by atoms with van der Waals surface area (Å²) in [5, 5.41) is 3.18. The van der Waals surface area contributed by atoms with Gasteiger partial charge in [-0.3, -0.25) is 0 Å². The Morgan fingerprint density at radius 1 is 1.19 bits per heavy atom. The van der Waals surface area contributed by atoms with Crippen molar-refractivity contribution in [1.82, 2.24) is 9.88 Å². The summed E-state index contributed by atoms with van der Waals surface area (Å²) in [5.74, 6) is -2.87. The molecule has 0 saturated heterocycles. The van der Waals surface area contributed by atoms with Gasteiger partial charge in [0.2, 0.25) is 0 Å². The molecule has 21 heavy (non-hydrogen) atoms. The van der Waals surface area contributed by atoms with Crippen molar-refractivity contribution in [2.24, 2.45) is 0 Å². The van der Waals surface area contributed by atoms with Crippen molar-refractivity contribution in [1.29, 1.82) is 0 Å². The Morgan fingerprint density at radius 3 is 2.67 bits per heavy atom. The van der Waals surface area contributed by atoms with E-state index in [1.54, 1.807) is 37.7 Å². The highest BCUT2D eigenvalue weighted by atomic mass is 19.3. The van der Waals surface area contributed by atoms with E-state index in [2.05, 4.69) is 5.32 Å². The third kappa shape index (κ3) is 4.65. The smallest absolute Gasteiger partial charge is 0.290 e. The van der Waals surface area contributed by atoms with Gasteiger partial charge in [0.1, 0.15) is 0 Å². The molecule has 0 aliphatic carbocycles. The van der Waals surface area contributed by atoms with Gasteiger partial charge in [-0.2, -0.15) is 8.78 Å². The van der Waals surface area contributed by atoms with Crippen LogP contribution in [0.25, 0.3) is 0 Å². The number of alkyl halides is 2. The summed E-state index contributed by atoms with van der Waals surface area (Å²) < 4.78 is 34.8. The fraction of sp³-hybridized carbons (Fsp3) is 0.375. The first-order valence-electron chi connectivity index (χ1n) is 6.89. The zero-order valence-electron chi connectivity index (χ0n) is 12.1. The van der Waals surface area contributed by atoms with Crippen LogP contribution in [0.4, 0.5) is 8.78 Å². The van der Waals surface area contributed by atoms with Crippen molar-refractivity contribution >= 4 is 0 Å². The summed E-state index contributed by atoms with van der Waals surface area (Å²) in [7, 11) is 1.64. The molecule has 0 saturated carbocycles. The van der Waals surface area contributed by atoms with Gasteiger partial charge in [0.25, 0.3) is 5.92 Å². The van der Waals surface area contributed by atoms with Crippen LogP contribution in [0, 0.1) is 0 Å². The van der Waals surface area contributed by atoms with Gasteiger partial charge in [-0.05, 0) is 11.6 Å². The van der Waals surface area contributed by atoms with Crippen LogP contribution < -0.4 is 5.32 Å². The summed E-state index contributed by atoms with van der Waals surface area (Å²) in [5.41, 5.74) is 1.02. The summed E-state index contributed by atoms with van der Waals surface area (Å²) in [6.07, 6.45) is 3.43. The Bertz CT molecular complexity index is 540. The summed E-state index contributed by atoms with van der Waals surface area (Å²) in [6, 6.07) is 9.75. The Kier molecular flexibility index (Phi) is 5.47. The quantitative estimate of drug-likeness (QED) is 0.757. The van der Waals surface area contributed by atoms with E-state index >= 15 is 0 Å². The molecule has 0 aliphatic heterocycles. The summed E-state index contributed by atoms with van der Waals surface area (Å²) in [4.78, 5) is 0. The normalized spacial score (nSPS) is 11.8. The molecule has 1 aromatic heterocycles. The van der Waals surface area contributed by atoms with Gasteiger partial charge in [-0.25, -0.2) is 0 Å². The zero-order chi connectivity index (χ0) is 15.1. The van der Waals surface area contributed by atoms with Crippen LogP contribution in [0.2, 0.25) is 0 Å². The molecule has 0 bridgehead atoms. The SMILES string of the molecule is COCCNCc1ccn(CC(F)(F)c2ccccc2)c1. The first kappa shape index (κ1) is 15.7. The van der Waals surface area contributed by atoms with Gasteiger partial charge in [0.05, 0.1) is 13.2 Å². The molecule has 0 fully saturated rings. The van der Waals surface area contributed by atoms with Crippen LogP contribution in [-0.2, 0) is 23.7 Å². The number of hydrogen-bond acceptors (Lipinski definition) is 2. The van der Waals surface area contributed by atoms with Crippen molar-refractivity contribution in [3.05, 3.63) is 59.9 Å². The lowest BCUT2D eigenvalue weighted by Crippen LogP contribution is -2.21. The van der Waals surface area contributed by atoms with Gasteiger partial charge in [-0.15, -0.1) is 0 Å². The lowest BCUT2D eigenvalue weighted by atomic mass is 10.1. The number of hydrogen-bond donors (Lipinski definition) is 1. The van der Waals surface area contributed by atoms with Gasteiger partial charge in [-0.1, -0.05) is 30.3 Å². The van der Waals surface area contributed by atoms with Crippen LogP contribution >= 0.6 is 0 Å². The molecule has 3 nitrogen and oxygen atoms in total. The summed E-state index contributed by atoms with van der Waals surface area (Å²) >= 11 is 0. The van der Waals surface area contributed by atoms with Crippen LogP contribution in [-0.4, -0.2) is 24.8 Å². The monoisotopic (exact) mass is 294 g/mol. The fourth-order valence-electron chi connectivity index (χ4n) is 2.10. The van der Waals surface area contributed by atoms with Crippen LogP contribution in [0.3, 0.4) is 0 Å². The number of nitrogens with one attached hydrogen (secondary N) is 1. The molecule has 2 rings (SSSR count). The van der Waals surface area contributed by atoms with Gasteiger partial charge in [0.15, 0.2) is 0 Å². The zero-order valence-corrected chi connectivity index (χ0v) is 12.1. The molecule has 1 N–H and O–H groups in total. The number of halogens is 2. The minimum atomic E-state index is -2.87. The third-order valence-corrected chi connectivity index (χ3v) is 3.20. The second kappa shape index (κ2) is 7.33. The highest BCUT2D eigenvalue weighted by Gasteiger charge is 2.31. The van der Waals surface area contributed by atoms with E-state index in [1.807, 2.05) is 6.07 Å². The fourth-order valence-corrected chi connectivity index (χ4v) is 2.10. The van der Waals surface area contributed by atoms with Crippen molar-refractivity contribution in [3.63, 3.8) is 0 Å². The van der Waals surface area contributed by atoms with E-state index in [4.69, 9.17) is 4.74 Å². The topological polar surface area (TPSA) is 26.2 Å². The molecule has 1 aromatic carbocycles. The highest BCUT2D eigenvalue weighted by Crippen LogP contribution is 2.29. The first-order chi connectivity index (χ1) is 10.1. The standard InChI is InChI=1S/C16H20F2N2O/c1-21-10-8-19-11-14-7-9-20(12-14)13-16(17,18)15-5-3-2-4-6-15/h2-7,9,12,19H,8,10-11,13H2,1H3. The molecule has 0 aliphatic rings. The predicted octanol–water partition coefficient (Wildman–Crippen LogP) is 3.02. The maximum absolute atomic E-state index is 14.2. The highest BCUT2D eigenvalue weighted by molar-refractivity contribution is 5.20. The second-order valence-electron chi connectivity index (χ2n) is 4.93. The number of ether oxygens (including phenoxy) is 1. The molecule has 0 unspecified atom stereocenters. The van der Waals surface area contributed by atoms with E-state index in [0.29, 0.717) is 13.2 Å². The van der Waals surface area contributed by atoms with Crippen molar-refractivity contribution in [2.75, 3.05) is 20.3 Å². The minimum absolute atomic E-state index is 0.0402. The van der Waals surface area contributed by atoms with E-state index in [0.717, 1.165) is 12.1 Å². The van der Waals surface area contributed by atoms with E-state index in [9.17, 15) is 8.78 Å². The lowest BCUT2D eigenvalue weighted by molar-refractivity contribution is -0.0221. The van der Waals surface area contributed by atoms with Crippen molar-refractivity contribution in [2.45, 2.75) is 19.0 Å². The Balaban J connectivity index is 1.92. The molecule has 114 valence electrons. The van der Waals surface area contributed by atoms with Crippen LogP contribution in [0.15, 0.2) is 48.8 Å². The van der Waals surface area contributed by atoms with Gasteiger partial charge >= 0.3 is 0 Å². The Labute approximate surface area is 123 Å². The van der Waals surface area contributed by atoms with Gasteiger partial charge < -0.3 is 14.6 Å². The number of methoxy groups -OCH3 is 1. The van der Waals surface area contributed by atoms with Crippen LogP contribution in [0.5, 0.6) is 0 Å². The average molecular weight is 294 g/mol. The number of aromatic nitrogens is 1. The summed E-state index contributed by atoms with van der Waals surface area (Å²) in [6.45, 7) is 1.66. The van der Waals surface area contributed by atoms with E-state index < -0.39 is 5.92 Å². The Hall–Kier alpha value is -1.72. The Morgan fingerprint density at radius 2 is 1.95 bits per heavy atom. The molecule has 0 amide bonds. The van der Waals surface area contributed by atoms with Crippen LogP contribution in [0.1, 0.15) is 11.1 Å². The molecule has 2 aromatic rings. The largest absolute Gasteiger partial charge is 0.383 e. The molecule has 0 atom stereocenters. The van der Waals surface area contributed by atoms with Gasteiger partial charge in [0, 0.05) is 38.2 Å². The van der Waals surface area contributed by atoms with E-state index in [-0.39, 0.29) is 12.1 Å².